The number of hydrogen-bond acceptors (Lipinski definition) is 2. The maximum Gasteiger partial charge on any atom is 0.144 e. The highest BCUT2D eigenvalue weighted by Crippen LogP contribution is 2.18. The second-order valence-corrected chi connectivity index (χ2v) is 7.30. The van der Waals surface area contributed by atoms with E-state index in [4.69, 9.17) is 0 Å². The molecule has 0 spiro atoms. The van der Waals surface area contributed by atoms with Gasteiger partial charge in [-0.15, -0.1) is 11.8 Å². The molecule has 0 amide bonds. The number of thioether (sulfide) groups is 1. The molecule has 94 valence electrons. The highest BCUT2D eigenvalue weighted by Gasteiger charge is 2.18. The van der Waals surface area contributed by atoms with Gasteiger partial charge in [-0.3, -0.25) is 0 Å². The van der Waals surface area contributed by atoms with Crippen molar-refractivity contribution in [2.45, 2.75) is 30.4 Å². The van der Waals surface area contributed by atoms with Crippen LogP contribution in [-0.4, -0.2) is 21.4 Å². The first-order valence-corrected chi connectivity index (χ1v) is 7.47. The Balaban J connectivity index is 2.95. The van der Waals surface area contributed by atoms with Crippen LogP contribution in [0.25, 0.3) is 0 Å². The van der Waals surface area contributed by atoms with Crippen molar-refractivity contribution in [3.63, 3.8) is 0 Å². The molecule has 0 saturated carbocycles. The van der Waals surface area contributed by atoms with Gasteiger partial charge in [0.25, 0.3) is 0 Å². The van der Waals surface area contributed by atoms with Gasteiger partial charge in [-0.1, -0.05) is 0 Å². The lowest BCUT2D eigenvalue weighted by Gasteiger charge is -2.12. The maximum atomic E-state index is 13.5. The average Bonchev–Trinajstić information content (AvgIpc) is 2.26. The summed E-state index contributed by atoms with van der Waals surface area (Å²) < 4.78 is 28.6. The lowest BCUT2D eigenvalue weighted by molar-refractivity contribution is 0.624. The molecule has 0 saturated heterocycles. The zero-order valence-electron chi connectivity index (χ0n) is 10.4. The van der Waals surface area contributed by atoms with Crippen LogP contribution in [0, 0.1) is 5.82 Å². The average molecular weight is 273 g/mol. The molecule has 1 aromatic carbocycles. The Morgan fingerprint density at radius 2 is 2.06 bits per heavy atom. The van der Waals surface area contributed by atoms with E-state index in [1.807, 2.05) is 27.0 Å². The Labute approximate surface area is 108 Å². The molecule has 0 N–H and O–H groups in total. The molecule has 5 heteroatoms. The van der Waals surface area contributed by atoms with Crippen molar-refractivity contribution < 1.29 is 8.60 Å². The highest BCUT2D eigenvalue weighted by molar-refractivity contribution is 7.98. The van der Waals surface area contributed by atoms with E-state index in [-0.39, 0.29) is 5.82 Å². The van der Waals surface area contributed by atoms with E-state index in [2.05, 4.69) is 4.40 Å². The fraction of sp³-hybridized carbons (Fsp3) is 0.417. The van der Waals surface area contributed by atoms with E-state index in [0.717, 1.165) is 4.90 Å². The highest BCUT2D eigenvalue weighted by atomic mass is 32.2. The van der Waals surface area contributed by atoms with Crippen LogP contribution in [0.2, 0.25) is 0 Å². The minimum atomic E-state index is -1.36. The first-order chi connectivity index (χ1) is 7.84. The Kier molecular flexibility index (Phi) is 4.89. The number of benzene rings is 1. The summed E-state index contributed by atoms with van der Waals surface area (Å²) in [7, 11) is -1.36. The van der Waals surface area contributed by atoms with Crippen LogP contribution in [0.1, 0.15) is 26.3 Å². The molecule has 0 fully saturated rings. The van der Waals surface area contributed by atoms with Crippen molar-refractivity contribution in [1.82, 2.24) is 0 Å². The molecule has 1 rings (SSSR count). The van der Waals surface area contributed by atoms with Crippen LogP contribution >= 0.6 is 11.8 Å². The molecule has 1 aromatic rings. The van der Waals surface area contributed by atoms with Crippen LogP contribution < -0.4 is 0 Å². The van der Waals surface area contributed by atoms with Gasteiger partial charge in [-0.2, -0.15) is 4.40 Å². The predicted octanol–water partition coefficient (Wildman–Crippen LogP) is 3.43. The Bertz CT molecular complexity index is 452. The predicted molar refractivity (Wildman–Crippen MR) is 73.7 cm³/mol. The summed E-state index contributed by atoms with van der Waals surface area (Å²) >= 11 is 1.53. The third-order valence-electron chi connectivity index (χ3n) is 2.01. The third kappa shape index (κ3) is 4.24. The monoisotopic (exact) mass is 273 g/mol. The smallest absolute Gasteiger partial charge is 0.144 e. The van der Waals surface area contributed by atoms with Crippen molar-refractivity contribution in [2.24, 2.45) is 4.40 Å². The van der Waals surface area contributed by atoms with E-state index in [1.165, 1.54) is 24.0 Å². The Morgan fingerprint density at radius 1 is 1.41 bits per heavy atom. The molecule has 0 aliphatic heterocycles. The molecule has 17 heavy (non-hydrogen) atoms. The quantitative estimate of drug-likeness (QED) is 0.624. The first kappa shape index (κ1) is 14.4. The van der Waals surface area contributed by atoms with Gasteiger partial charge in [-0.05, 0) is 45.2 Å². The number of hydrogen-bond donors (Lipinski definition) is 0. The summed E-state index contributed by atoms with van der Waals surface area (Å²) in [5.74, 6) is -0.350. The van der Waals surface area contributed by atoms with Gasteiger partial charge in [0.15, 0.2) is 0 Å². The van der Waals surface area contributed by atoms with Gasteiger partial charge in [0, 0.05) is 16.7 Å². The molecular weight excluding hydrogens is 257 g/mol. The van der Waals surface area contributed by atoms with Crippen molar-refractivity contribution >= 4 is 29.0 Å². The minimum Gasteiger partial charge on any atom is -0.234 e. The van der Waals surface area contributed by atoms with E-state index in [1.54, 1.807) is 12.1 Å². The standard InChI is InChI=1S/C12H16FNOS2/c1-12(2,3)17(15)14-8-9-7-10(16-4)5-6-11(9)13/h5-8H,1-4H3/b14-8-/t17-/m1/s1. The van der Waals surface area contributed by atoms with Crippen molar-refractivity contribution in [2.75, 3.05) is 6.26 Å². The van der Waals surface area contributed by atoms with E-state index in [0.29, 0.717) is 5.56 Å². The molecule has 0 bridgehead atoms. The van der Waals surface area contributed by atoms with Crippen molar-refractivity contribution in [3.05, 3.63) is 29.6 Å². The molecule has 0 aromatic heterocycles. The molecule has 0 unspecified atom stereocenters. The van der Waals surface area contributed by atoms with Crippen molar-refractivity contribution in [3.8, 4) is 0 Å². The first-order valence-electron chi connectivity index (χ1n) is 5.14. The van der Waals surface area contributed by atoms with Gasteiger partial charge < -0.3 is 0 Å². The molecular formula is C12H16FNOS2. The minimum absolute atomic E-state index is 0.350. The lowest BCUT2D eigenvalue weighted by Crippen LogP contribution is -2.19. The third-order valence-corrected chi connectivity index (χ3v) is 4.08. The summed E-state index contributed by atoms with van der Waals surface area (Å²) in [6.07, 6.45) is 3.26. The van der Waals surface area contributed by atoms with Crippen LogP contribution in [0.5, 0.6) is 0 Å². The molecule has 0 radical (unpaired) electrons. The topological polar surface area (TPSA) is 29.4 Å². The molecule has 0 aliphatic carbocycles. The zero-order chi connectivity index (χ0) is 13.1. The fourth-order valence-electron chi connectivity index (χ4n) is 1.01. The van der Waals surface area contributed by atoms with Crippen LogP contribution in [-0.2, 0) is 11.0 Å². The Hall–Kier alpha value is -0.680. The van der Waals surface area contributed by atoms with Gasteiger partial charge in [-0.25, -0.2) is 8.60 Å². The summed E-state index contributed by atoms with van der Waals surface area (Å²) in [4.78, 5) is 0.953. The van der Waals surface area contributed by atoms with Gasteiger partial charge in [0.1, 0.15) is 16.8 Å². The van der Waals surface area contributed by atoms with E-state index in [9.17, 15) is 8.60 Å². The number of nitrogens with zero attached hydrogens (tertiary/aromatic N) is 1. The van der Waals surface area contributed by atoms with Crippen molar-refractivity contribution in [1.29, 1.82) is 0 Å². The molecule has 0 heterocycles. The zero-order valence-corrected chi connectivity index (χ0v) is 12.0. The number of halogens is 1. The van der Waals surface area contributed by atoms with Gasteiger partial charge in [0.05, 0.1) is 4.75 Å². The van der Waals surface area contributed by atoms with Gasteiger partial charge in [0.2, 0.25) is 0 Å². The van der Waals surface area contributed by atoms with Crippen LogP contribution in [0.4, 0.5) is 4.39 Å². The maximum absolute atomic E-state index is 13.5. The SMILES string of the molecule is CSc1ccc(F)c(/C=N\[S@](=O)C(C)(C)C)c1. The largest absolute Gasteiger partial charge is 0.234 e. The summed E-state index contributed by atoms with van der Waals surface area (Å²) in [5, 5.41) is 0. The van der Waals surface area contributed by atoms with Gasteiger partial charge >= 0.3 is 0 Å². The fourth-order valence-corrected chi connectivity index (χ4v) is 1.98. The number of rotatable bonds is 3. The summed E-state index contributed by atoms with van der Waals surface area (Å²) in [6, 6.07) is 4.80. The summed E-state index contributed by atoms with van der Waals surface area (Å²) in [5.41, 5.74) is 0.370. The molecule has 0 aliphatic rings. The summed E-state index contributed by atoms with van der Waals surface area (Å²) in [6.45, 7) is 5.49. The second kappa shape index (κ2) is 5.78. The van der Waals surface area contributed by atoms with E-state index < -0.39 is 15.7 Å². The van der Waals surface area contributed by atoms with Crippen LogP contribution in [0.3, 0.4) is 0 Å². The second-order valence-electron chi connectivity index (χ2n) is 4.48. The normalized spacial score (nSPS) is 14.2. The molecule has 2 nitrogen and oxygen atoms in total. The lowest BCUT2D eigenvalue weighted by atomic mass is 10.2. The van der Waals surface area contributed by atoms with E-state index >= 15 is 0 Å². The van der Waals surface area contributed by atoms with Crippen LogP contribution in [0.15, 0.2) is 27.5 Å². The Morgan fingerprint density at radius 3 is 2.59 bits per heavy atom. The molecule has 1 atom stereocenters.